The summed E-state index contributed by atoms with van der Waals surface area (Å²) in [5.74, 6) is -0.801. The number of hydrogen-bond acceptors (Lipinski definition) is 3. The Bertz CT molecular complexity index is 460. The number of ether oxygens (including phenoxy) is 1. The largest absolute Gasteiger partial charge is 0.481 e. The van der Waals surface area contributed by atoms with Gasteiger partial charge in [0.05, 0.1) is 11.8 Å². The number of carbonyl (C=O) groups excluding carboxylic acids is 1. The highest BCUT2D eigenvalue weighted by atomic mass is 16.5. The number of unbranched alkanes of at least 4 members (excludes halogenated alkanes) is 8. The van der Waals surface area contributed by atoms with Crippen molar-refractivity contribution in [2.75, 3.05) is 0 Å². The van der Waals surface area contributed by atoms with Crippen LogP contribution in [-0.2, 0) is 14.3 Å². The number of carboxylic acids is 1. The van der Waals surface area contributed by atoms with Crippen LogP contribution in [0.25, 0.3) is 0 Å². The topological polar surface area (TPSA) is 63.6 Å². The predicted octanol–water partition coefficient (Wildman–Crippen LogP) is 7.54. The summed E-state index contributed by atoms with van der Waals surface area (Å²) in [5.41, 5.74) is 0. The molecule has 1 N–H and O–H groups in total. The van der Waals surface area contributed by atoms with E-state index in [-0.39, 0.29) is 23.9 Å². The van der Waals surface area contributed by atoms with Crippen molar-refractivity contribution in [3.63, 3.8) is 0 Å². The van der Waals surface area contributed by atoms with E-state index in [0.717, 1.165) is 38.5 Å². The van der Waals surface area contributed by atoms with Crippen molar-refractivity contribution < 1.29 is 19.4 Å². The first kappa shape index (κ1) is 27.0. The molecule has 30 heavy (non-hydrogen) atoms. The molecule has 0 spiro atoms. The molecule has 1 aliphatic rings. The lowest BCUT2D eigenvalue weighted by Gasteiger charge is -2.27. The zero-order chi connectivity index (χ0) is 22.2. The Balaban J connectivity index is 2.39. The van der Waals surface area contributed by atoms with Crippen LogP contribution in [0.15, 0.2) is 0 Å². The summed E-state index contributed by atoms with van der Waals surface area (Å²) in [6.45, 7) is 6.75. The molecule has 1 fully saturated rings. The van der Waals surface area contributed by atoms with Crippen molar-refractivity contribution in [3.8, 4) is 0 Å². The van der Waals surface area contributed by atoms with Crippen molar-refractivity contribution in [2.45, 2.75) is 136 Å². The maximum Gasteiger partial charge on any atom is 0.309 e. The molecule has 0 aromatic heterocycles. The second kappa shape index (κ2) is 16.6. The normalized spacial score (nSPS) is 20.3. The zero-order valence-electron chi connectivity index (χ0n) is 20.0. The van der Waals surface area contributed by atoms with Crippen LogP contribution in [0.5, 0.6) is 0 Å². The fourth-order valence-corrected chi connectivity index (χ4v) is 4.58. The van der Waals surface area contributed by atoms with E-state index >= 15 is 0 Å². The molecule has 0 heterocycles. The van der Waals surface area contributed by atoms with E-state index in [1.54, 1.807) is 0 Å². The average molecular weight is 425 g/mol. The van der Waals surface area contributed by atoms with Crippen molar-refractivity contribution in [3.05, 3.63) is 0 Å². The van der Waals surface area contributed by atoms with Crippen molar-refractivity contribution in [2.24, 2.45) is 17.8 Å². The number of hydrogen-bond donors (Lipinski definition) is 1. The molecule has 3 atom stereocenters. The van der Waals surface area contributed by atoms with Crippen LogP contribution in [0.2, 0.25) is 0 Å². The van der Waals surface area contributed by atoms with Gasteiger partial charge in [-0.1, -0.05) is 85.0 Å². The van der Waals surface area contributed by atoms with Crippen LogP contribution in [0, 0.1) is 17.8 Å². The van der Waals surface area contributed by atoms with Crippen molar-refractivity contribution >= 4 is 11.9 Å². The molecular weight excluding hydrogens is 376 g/mol. The molecule has 0 aromatic rings. The first-order valence-corrected chi connectivity index (χ1v) is 12.9. The molecule has 0 aliphatic heterocycles. The molecule has 1 rings (SSSR count). The summed E-state index contributed by atoms with van der Waals surface area (Å²) in [6, 6.07) is 0. The fourth-order valence-electron chi connectivity index (χ4n) is 4.58. The molecule has 0 bridgehead atoms. The molecule has 1 aliphatic carbocycles. The van der Waals surface area contributed by atoms with Crippen LogP contribution < -0.4 is 0 Å². The van der Waals surface area contributed by atoms with E-state index in [4.69, 9.17) is 4.74 Å². The zero-order valence-corrected chi connectivity index (χ0v) is 20.0. The third kappa shape index (κ3) is 12.6. The van der Waals surface area contributed by atoms with Gasteiger partial charge in [0.1, 0.15) is 6.10 Å². The van der Waals surface area contributed by atoms with Crippen molar-refractivity contribution in [1.82, 2.24) is 0 Å². The molecule has 0 amide bonds. The van der Waals surface area contributed by atoms with Gasteiger partial charge in [0, 0.05) is 0 Å². The van der Waals surface area contributed by atoms with Gasteiger partial charge in [-0.05, 0) is 50.9 Å². The van der Waals surface area contributed by atoms with E-state index in [2.05, 4.69) is 20.8 Å². The van der Waals surface area contributed by atoms with Crippen LogP contribution in [0.4, 0.5) is 0 Å². The summed E-state index contributed by atoms with van der Waals surface area (Å²) in [5, 5.41) is 9.29. The number of aliphatic carboxylic acids is 1. The van der Waals surface area contributed by atoms with Gasteiger partial charge in [0.2, 0.25) is 0 Å². The van der Waals surface area contributed by atoms with E-state index in [1.807, 2.05) is 0 Å². The Morgan fingerprint density at radius 3 is 1.97 bits per heavy atom. The Hall–Kier alpha value is -1.06. The van der Waals surface area contributed by atoms with Gasteiger partial charge in [-0.2, -0.15) is 0 Å². The maximum absolute atomic E-state index is 12.7. The van der Waals surface area contributed by atoms with Gasteiger partial charge in [-0.25, -0.2) is 0 Å². The second-order valence-electron chi connectivity index (χ2n) is 9.90. The molecule has 3 unspecified atom stereocenters. The third-order valence-corrected chi connectivity index (χ3v) is 6.58. The summed E-state index contributed by atoms with van der Waals surface area (Å²) in [7, 11) is 0. The summed E-state index contributed by atoms with van der Waals surface area (Å²) >= 11 is 0. The number of rotatable bonds is 17. The lowest BCUT2D eigenvalue weighted by molar-refractivity contribution is -0.158. The fraction of sp³-hybridized carbons (Fsp3) is 0.923. The Labute approximate surface area is 185 Å². The highest BCUT2D eigenvalue weighted by Gasteiger charge is 2.32. The van der Waals surface area contributed by atoms with Gasteiger partial charge in [-0.15, -0.1) is 0 Å². The minimum Gasteiger partial charge on any atom is -0.481 e. The minimum absolute atomic E-state index is 0.00922. The average Bonchev–Trinajstić information content (AvgIpc) is 2.72. The van der Waals surface area contributed by atoms with E-state index in [1.165, 1.54) is 57.8 Å². The van der Waals surface area contributed by atoms with E-state index in [0.29, 0.717) is 18.8 Å². The maximum atomic E-state index is 12.7. The smallest absolute Gasteiger partial charge is 0.309 e. The Morgan fingerprint density at radius 1 is 0.833 bits per heavy atom. The molecule has 0 radical (unpaired) electrons. The van der Waals surface area contributed by atoms with Crippen LogP contribution >= 0.6 is 0 Å². The molecule has 0 saturated heterocycles. The summed E-state index contributed by atoms with van der Waals surface area (Å²) in [6.07, 6.45) is 18.4. The van der Waals surface area contributed by atoms with Gasteiger partial charge in [-0.3, -0.25) is 9.59 Å². The quantitative estimate of drug-likeness (QED) is 0.193. The molecule has 0 aromatic carbocycles. The highest BCUT2D eigenvalue weighted by molar-refractivity contribution is 5.75. The van der Waals surface area contributed by atoms with Gasteiger partial charge < -0.3 is 9.84 Å². The molecule has 176 valence electrons. The Kier molecular flexibility index (Phi) is 14.9. The first-order valence-electron chi connectivity index (χ1n) is 12.9. The number of carboxylic acid groups (broad SMARTS) is 1. The number of carbonyl (C=O) groups is 2. The monoisotopic (exact) mass is 424 g/mol. The van der Waals surface area contributed by atoms with Crippen molar-refractivity contribution in [1.29, 1.82) is 0 Å². The molecule has 4 heteroatoms. The Morgan fingerprint density at radius 2 is 1.37 bits per heavy atom. The molecule has 4 nitrogen and oxygen atoms in total. The lowest BCUT2D eigenvalue weighted by atomic mass is 9.81. The van der Waals surface area contributed by atoms with Gasteiger partial charge in [0.15, 0.2) is 0 Å². The van der Waals surface area contributed by atoms with Crippen LogP contribution in [0.1, 0.15) is 130 Å². The van der Waals surface area contributed by atoms with Crippen LogP contribution in [0.3, 0.4) is 0 Å². The van der Waals surface area contributed by atoms with Gasteiger partial charge >= 0.3 is 11.9 Å². The third-order valence-electron chi connectivity index (χ3n) is 6.58. The summed E-state index contributed by atoms with van der Waals surface area (Å²) < 4.78 is 5.95. The second-order valence-corrected chi connectivity index (χ2v) is 9.90. The van der Waals surface area contributed by atoms with E-state index in [9.17, 15) is 14.7 Å². The minimum atomic E-state index is -0.767. The highest BCUT2D eigenvalue weighted by Crippen LogP contribution is 2.31. The first-order chi connectivity index (χ1) is 14.4. The lowest BCUT2D eigenvalue weighted by Crippen LogP contribution is -2.31. The number of esters is 1. The molecular formula is C26H48O4. The standard InChI is InChI=1S/C26H48O4/c1-4-5-6-7-8-9-10-11-18-24(19-13-12-15-21(2)3)30-26(29)23-17-14-16-22(20-23)25(27)28/h21-24H,4-20H2,1-3H3,(H,27,28). The van der Waals surface area contributed by atoms with E-state index < -0.39 is 5.97 Å². The predicted molar refractivity (Wildman–Crippen MR) is 123 cm³/mol. The van der Waals surface area contributed by atoms with Gasteiger partial charge in [0.25, 0.3) is 0 Å². The SMILES string of the molecule is CCCCCCCCCCC(CCCCC(C)C)OC(=O)C1CCCC(C(=O)O)C1. The molecule has 1 saturated carbocycles. The van der Waals surface area contributed by atoms with Crippen LogP contribution in [-0.4, -0.2) is 23.1 Å². The summed E-state index contributed by atoms with van der Waals surface area (Å²) in [4.78, 5) is 24.0.